The summed E-state index contributed by atoms with van der Waals surface area (Å²) in [6.45, 7) is 0.0165. The third kappa shape index (κ3) is 4.02. The lowest BCUT2D eigenvalue weighted by Crippen LogP contribution is -2.37. The van der Waals surface area contributed by atoms with E-state index in [0.717, 1.165) is 25.7 Å². The van der Waals surface area contributed by atoms with Gasteiger partial charge in [-0.1, -0.05) is 11.6 Å². The van der Waals surface area contributed by atoms with E-state index in [2.05, 4.69) is 15.6 Å². The van der Waals surface area contributed by atoms with Gasteiger partial charge in [0.05, 0.1) is 12.7 Å². The van der Waals surface area contributed by atoms with E-state index in [9.17, 15) is 9.59 Å². The van der Waals surface area contributed by atoms with Gasteiger partial charge in [0.25, 0.3) is 0 Å². The molecular weight excluding hydrogens is 262 g/mol. The lowest BCUT2D eigenvalue weighted by molar-refractivity contribution is -0.138. The van der Waals surface area contributed by atoms with Crippen LogP contribution in [0.15, 0.2) is 6.20 Å². The number of hydrogen-bond acceptors (Lipinski definition) is 5. The number of rotatable bonds is 5. The van der Waals surface area contributed by atoms with Gasteiger partial charge in [-0.15, -0.1) is 5.10 Å². The highest BCUT2D eigenvalue weighted by atomic mass is 16.4. The fourth-order valence-electron chi connectivity index (χ4n) is 2.42. The molecule has 1 aromatic heterocycles. The molecule has 0 aliphatic heterocycles. The molecule has 1 fully saturated rings. The molecule has 0 radical (unpaired) electrons. The van der Waals surface area contributed by atoms with Crippen LogP contribution in [-0.2, 0) is 22.7 Å². The zero-order valence-corrected chi connectivity index (χ0v) is 11.2. The van der Waals surface area contributed by atoms with Crippen LogP contribution in [0.3, 0.4) is 0 Å². The van der Waals surface area contributed by atoms with Gasteiger partial charge in [0.15, 0.2) is 0 Å². The van der Waals surface area contributed by atoms with Crippen LogP contribution in [0.2, 0.25) is 0 Å². The van der Waals surface area contributed by atoms with Gasteiger partial charge < -0.3 is 16.2 Å². The number of carboxylic acids is 1. The van der Waals surface area contributed by atoms with Gasteiger partial charge in [-0.05, 0) is 19.3 Å². The first-order chi connectivity index (χ1) is 9.54. The molecule has 2 rings (SSSR count). The smallest absolute Gasteiger partial charge is 0.325 e. The van der Waals surface area contributed by atoms with Crippen molar-refractivity contribution in [1.29, 1.82) is 0 Å². The highest BCUT2D eigenvalue weighted by Gasteiger charge is 2.25. The number of aromatic nitrogens is 3. The van der Waals surface area contributed by atoms with E-state index in [1.807, 2.05) is 0 Å². The Kier molecular flexibility index (Phi) is 4.67. The first-order valence-corrected chi connectivity index (χ1v) is 6.68. The first-order valence-electron chi connectivity index (χ1n) is 6.68. The molecule has 1 aliphatic carbocycles. The van der Waals surface area contributed by atoms with Crippen molar-refractivity contribution in [3.63, 3.8) is 0 Å². The Balaban J connectivity index is 1.80. The van der Waals surface area contributed by atoms with Crippen LogP contribution in [0.25, 0.3) is 0 Å². The molecule has 8 nitrogen and oxygen atoms in total. The number of carboxylic acid groups (broad SMARTS) is 1. The van der Waals surface area contributed by atoms with E-state index in [1.165, 1.54) is 10.9 Å². The summed E-state index contributed by atoms with van der Waals surface area (Å²) in [5, 5.41) is 18.9. The predicted molar refractivity (Wildman–Crippen MR) is 69.4 cm³/mol. The molecule has 0 aromatic carbocycles. The number of aliphatic carboxylic acids is 1. The molecule has 0 spiro atoms. The van der Waals surface area contributed by atoms with Gasteiger partial charge in [-0.3, -0.25) is 9.59 Å². The molecule has 1 aromatic rings. The lowest BCUT2D eigenvalue weighted by Gasteiger charge is -2.25. The van der Waals surface area contributed by atoms with Crippen LogP contribution in [0, 0.1) is 5.92 Å². The van der Waals surface area contributed by atoms with Crippen LogP contribution in [0.1, 0.15) is 31.4 Å². The molecule has 0 bridgehead atoms. The Labute approximate surface area is 116 Å². The number of nitrogens with zero attached hydrogens (tertiary/aromatic N) is 3. The Morgan fingerprint density at radius 3 is 3.00 bits per heavy atom. The summed E-state index contributed by atoms with van der Waals surface area (Å²) in [4.78, 5) is 22.5. The predicted octanol–water partition coefficient (Wildman–Crippen LogP) is -0.504. The maximum atomic E-state index is 12.0. The average molecular weight is 281 g/mol. The molecule has 1 heterocycles. The fraction of sp³-hybridized carbons (Fsp3) is 0.667. The van der Waals surface area contributed by atoms with Gasteiger partial charge in [-0.2, -0.15) is 0 Å². The van der Waals surface area contributed by atoms with Crippen molar-refractivity contribution in [3.8, 4) is 0 Å². The van der Waals surface area contributed by atoms with Crippen molar-refractivity contribution in [1.82, 2.24) is 20.3 Å². The maximum absolute atomic E-state index is 12.0. The number of nitrogens with one attached hydrogen (secondary N) is 1. The molecule has 20 heavy (non-hydrogen) atoms. The highest BCUT2D eigenvalue weighted by molar-refractivity contribution is 5.78. The standard InChI is InChI=1S/C12H19N5O3/c13-9-3-1-2-8(4-9)12(20)14-5-10-6-17(16-15-10)7-11(18)19/h6,8-9H,1-5,7,13H2,(H,14,20)(H,18,19). The van der Waals surface area contributed by atoms with Gasteiger partial charge in [0.1, 0.15) is 12.2 Å². The Bertz CT molecular complexity index is 487. The van der Waals surface area contributed by atoms with E-state index in [1.54, 1.807) is 0 Å². The molecule has 110 valence electrons. The fourth-order valence-corrected chi connectivity index (χ4v) is 2.42. The normalized spacial score (nSPS) is 22.4. The van der Waals surface area contributed by atoms with Gasteiger partial charge >= 0.3 is 5.97 Å². The summed E-state index contributed by atoms with van der Waals surface area (Å²) < 4.78 is 1.22. The Morgan fingerprint density at radius 1 is 1.50 bits per heavy atom. The van der Waals surface area contributed by atoms with Crippen LogP contribution in [0.4, 0.5) is 0 Å². The van der Waals surface area contributed by atoms with Crippen LogP contribution in [0.5, 0.6) is 0 Å². The Hall–Kier alpha value is -1.96. The molecule has 8 heteroatoms. The number of carbonyl (C=O) groups excluding carboxylic acids is 1. The minimum absolute atomic E-state index is 0.0204. The summed E-state index contributed by atoms with van der Waals surface area (Å²) >= 11 is 0. The minimum atomic E-state index is -0.985. The number of hydrogen-bond donors (Lipinski definition) is 3. The molecule has 1 saturated carbocycles. The number of carbonyl (C=O) groups is 2. The molecule has 1 amide bonds. The van der Waals surface area contributed by atoms with E-state index >= 15 is 0 Å². The molecule has 2 unspecified atom stereocenters. The zero-order chi connectivity index (χ0) is 14.5. The summed E-state index contributed by atoms with van der Waals surface area (Å²) in [6, 6.07) is 0.107. The van der Waals surface area contributed by atoms with E-state index in [-0.39, 0.29) is 31.0 Å². The van der Waals surface area contributed by atoms with Gasteiger partial charge in [-0.25, -0.2) is 4.68 Å². The second kappa shape index (κ2) is 6.47. The second-order valence-electron chi connectivity index (χ2n) is 5.14. The average Bonchev–Trinajstić information content (AvgIpc) is 2.82. The van der Waals surface area contributed by atoms with Crippen molar-refractivity contribution < 1.29 is 14.7 Å². The number of amides is 1. The summed E-state index contributed by atoms with van der Waals surface area (Å²) in [7, 11) is 0. The molecule has 0 saturated heterocycles. The van der Waals surface area contributed by atoms with E-state index in [0.29, 0.717) is 5.69 Å². The molecule has 2 atom stereocenters. The van der Waals surface area contributed by atoms with Crippen molar-refractivity contribution >= 4 is 11.9 Å². The summed E-state index contributed by atoms with van der Waals surface area (Å²) in [6.07, 6.45) is 5.06. The SMILES string of the molecule is NC1CCCC(C(=O)NCc2cn(CC(=O)O)nn2)C1. The second-order valence-corrected chi connectivity index (χ2v) is 5.14. The van der Waals surface area contributed by atoms with E-state index in [4.69, 9.17) is 10.8 Å². The summed E-state index contributed by atoms with van der Waals surface area (Å²) in [5.74, 6) is -1.04. The molecule has 1 aliphatic rings. The van der Waals surface area contributed by atoms with Gasteiger partial charge in [0, 0.05) is 12.0 Å². The van der Waals surface area contributed by atoms with E-state index < -0.39 is 5.97 Å². The van der Waals surface area contributed by atoms with Crippen molar-refractivity contribution in [2.45, 2.75) is 44.8 Å². The third-order valence-corrected chi connectivity index (χ3v) is 3.41. The first kappa shape index (κ1) is 14.4. The largest absolute Gasteiger partial charge is 0.480 e. The molecular formula is C12H19N5O3. The van der Waals surface area contributed by atoms with Crippen molar-refractivity contribution in [2.75, 3.05) is 0 Å². The molecule has 4 N–H and O–H groups in total. The van der Waals surface area contributed by atoms with Crippen LogP contribution < -0.4 is 11.1 Å². The Morgan fingerprint density at radius 2 is 2.30 bits per heavy atom. The lowest BCUT2D eigenvalue weighted by atomic mass is 9.85. The maximum Gasteiger partial charge on any atom is 0.325 e. The highest BCUT2D eigenvalue weighted by Crippen LogP contribution is 2.23. The van der Waals surface area contributed by atoms with Crippen molar-refractivity contribution in [2.24, 2.45) is 11.7 Å². The van der Waals surface area contributed by atoms with Gasteiger partial charge in [0.2, 0.25) is 5.91 Å². The third-order valence-electron chi connectivity index (χ3n) is 3.41. The minimum Gasteiger partial charge on any atom is -0.480 e. The number of nitrogens with two attached hydrogens (primary N) is 1. The zero-order valence-electron chi connectivity index (χ0n) is 11.2. The quantitative estimate of drug-likeness (QED) is 0.668. The summed E-state index contributed by atoms with van der Waals surface area (Å²) in [5.41, 5.74) is 6.40. The van der Waals surface area contributed by atoms with Crippen LogP contribution >= 0.6 is 0 Å². The van der Waals surface area contributed by atoms with Crippen LogP contribution in [-0.4, -0.2) is 38.0 Å². The monoisotopic (exact) mass is 281 g/mol. The van der Waals surface area contributed by atoms with Crippen molar-refractivity contribution in [3.05, 3.63) is 11.9 Å². The topological polar surface area (TPSA) is 123 Å².